The third-order valence-electron chi connectivity index (χ3n) is 2.98. The van der Waals surface area contributed by atoms with Gasteiger partial charge in [0.1, 0.15) is 12.0 Å². The number of hydrogen-bond donors (Lipinski definition) is 1. The fourth-order valence-electron chi connectivity index (χ4n) is 1.85. The molecule has 0 spiro atoms. The van der Waals surface area contributed by atoms with Crippen LogP contribution in [0.1, 0.15) is 11.1 Å². The van der Waals surface area contributed by atoms with E-state index in [4.69, 9.17) is 0 Å². The molecule has 1 heterocycles. The van der Waals surface area contributed by atoms with Crippen LogP contribution in [0.15, 0.2) is 41.0 Å². The molecule has 0 aliphatic carbocycles. The Kier molecular flexibility index (Phi) is 4.68. The van der Waals surface area contributed by atoms with Gasteiger partial charge in [-0.1, -0.05) is 30.3 Å². The van der Waals surface area contributed by atoms with Gasteiger partial charge >= 0.3 is 0 Å². The van der Waals surface area contributed by atoms with Crippen molar-refractivity contribution in [3.63, 3.8) is 0 Å². The molecule has 0 atom stereocenters. The SMILES string of the molecule is Cc1c([N+](=O)[O-])cnc(NCCc2ccccc2)c1Br. The van der Waals surface area contributed by atoms with E-state index in [0.717, 1.165) is 6.42 Å². The summed E-state index contributed by atoms with van der Waals surface area (Å²) in [5.41, 5.74) is 1.83. The van der Waals surface area contributed by atoms with Crippen LogP contribution in [-0.2, 0) is 6.42 Å². The lowest BCUT2D eigenvalue weighted by Crippen LogP contribution is -2.08. The number of rotatable bonds is 5. The maximum Gasteiger partial charge on any atom is 0.291 e. The molecule has 0 aliphatic heterocycles. The Bertz CT molecular complexity index is 617. The smallest absolute Gasteiger partial charge is 0.291 e. The van der Waals surface area contributed by atoms with Crippen molar-refractivity contribution in [1.29, 1.82) is 0 Å². The predicted molar refractivity (Wildman–Crippen MR) is 82.0 cm³/mol. The van der Waals surface area contributed by atoms with Gasteiger partial charge in [0, 0.05) is 12.1 Å². The van der Waals surface area contributed by atoms with Crippen LogP contribution in [0.25, 0.3) is 0 Å². The zero-order chi connectivity index (χ0) is 14.5. The van der Waals surface area contributed by atoms with E-state index < -0.39 is 4.92 Å². The summed E-state index contributed by atoms with van der Waals surface area (Å²) in [4.78, 5) is 14.5. The molecule has 0 unspecified atom stereocenters. The minimum atomic E-state index is -0.430. The van der Waals surface area contributed by atoms with E-state index in [0.29, 0.717) is 22.4 Å². The molecule has 1 N–H and O–H groups in total. The Hall–Kier alpha value is -1.95. The first-order valence-corrected chi connectivity index (χ1v) is 6.96. The van der Waals surface area contributed by atoms with Crippen LogP contribution in [0.4, 0.5) is 11.5 Å². The fraction of sp³-hybridized carbons (Fsp3) is 0.214. The number of pyridine rings is 1. The monoisotopic (exact) mass is 335 g/mol. The van der Waals surface area contributed by atoms with Crippen molar-refractivity contribution in [2.45, 2.75) is 13.3 Å². The van der Waals surface area contributed by atoms with Gasteiger partial charge in [-0.15, -0.1) is 0 Å². The molecule has 2 rings (SSSR count). The van der Waals surface area contributed by atoms with Gasteiger partial charge in [-0.25, -0.2) is 4.98 Å². The highest BCUT2D eigenvalue weighted by molar-refractivity contribution is 9.10. The average molecular weight is 336 g/mol. The molecule has 0 saturated heterocycles. The lowest BCUT2D eigenvalue weighted by molar-refractivity contribution is -0.385. The Balaban J connectivity index is 2.04. The topological polar surface area (TPSA) is 68.1 Å². The highest BCUT2D eigenvalue weighted by Gasteiger charge is 2.16. The first kappa shape index (κ1) is 14.5. The van der Waals surface area contributed by atoms with Crippen LogP contribution < -0.4 is 5.32 Å². The number of nitrogens with one attached hydrogen (secondary N) is 1. The first-order valence-electron chi connectivity index (χ1n) is 6.17. The minimum Gasteiger partial charge on any atom is -0.369 e. The van der Waals surface area contributed by atoms with Gasteiger partial charge in [0.2, 0.25) is 0 Å². The van der Waals surface area contributed by atoms with E-state index in [2.05, 4.69) is 38.4 Å². The third kappa shape index (κ3) is 3.33. The highest BCUT2D eigenvalue weighted by Crippen LogP contribution is 2.30. The van der Waals surface area contributed by atoms with E-state index in [1.54, 1.807) is 6.92 Å². The summed E-state index contributed by atoms with van der Waals surface area (Å²) in [7, 11) is 0. The number of nitro groups is 1. The Morgan fingerprint density at radius 3 is 2.70 bits per heavy atom. The molecule has 0 radical (unpaired) electrons. The molecule has 6 heteroatoms. The van der Waals surface area contributed by atoms with Gasteiger partial charge in [0.15, 0.2) is 0 Å². The molecule has 20 heavy (non-hydrogen) atoms. The number of anilines is 1. The van der Waals surface area contributed by atoms with Gasteiger partial charge in [-0.2, -0.15) is 0 Å². The molecular formula is C14H14BrN3O2. The van der Waals surface area contributed by atoms with Crippen molar-refractivity contribution in [3.05, 3.63) is 62.2 Å². The van der Waals surface area contributed by atoms with Crippen molar-refractivity contribution in [3.8, 4) is 0 Å². The maximum atomic E-state index is 10.8. The van der Waals surface area contributed by atoms with Crippen LogP contribution in [0.5, 0.6) is 0 Å². The Morgan fingerprint density at radius 2 is 2.05 bits per heavy atom. The predicted octanol–water partition coefficient (Wildman–Crippen LogP) is 3.72. The summed E-state index contributed by atoms with van der Waals surface area (Å²) in [6.45, 7) is 2.42. The number of benzene rings is 1. The molecule has 0 aliphatic rings. The highest BCUT2D eigenvalue weighted by atomic mass is 79.9. The number of aromatic nitrogens is 1. The van der Waals surface area contributed by atoms with E-state index in [-0.39, 0.29) is 5.69 Å². The van der Waals surface area contributed by atoms with Crippen molar-refractivity contribution < 1.29 is 4.92 Å². The fourth-order valence-corrected chi connectivity index (χ4v) is 2.29. The van der Waals surface area contributed by atoms with Crippen LogP contribution in [0, 0.1) is 17.0 Å². The summed E-state index contributed by atoms with van der Waals surface area (Å²) in [6.07, 6.45) is 2.15. The molecular weight excluding hydrogens is 322 g/mol. The molecule has 0 amide bonds. The van der Waals surface area contributed by atoms with Crippen LogP contribution >= 0.6 is 15.9 Å². The maximum absolute atomic E-state index is 10.8. The third-order valence-corrected chi connectivity index (χ3v) is 3.95. The van der Waals surface area contributed by atoms with Crippen molar-refractivity contribution in [2.24, 2.45) is 0 Å². The lowest BCUT2D eigenvalue weighted by atomic mass is 10.1. The van der Waals surface area contributed by atoms with Gasteiger partial charge in [0.05, 0.1) is 9.40 Å². The molecule has 0 saturated carbocycles. The van der Waals surface area contributed by atoms with Gasteiger partial charge in [-0.05, 0) is 34.8 Å². The van der Waals surface area contributed by atoms with Crippen LogP contribution in [0.2, 0.25) is 0 Å². The number of hydrogen-bond acceptors (Lipinski definition) is 4. The summed E-state index contributed by atoms with van der Waals surface area (Å²) < 4.78 is 0.639. The zero-order valence-electron chi connectivity index (χ0n) is 11.0. The minimum absolute atomic E-state index is 0.0190. The van der Waals surface area contributed by atoms with Crippen molar-refractivity contribution in [2.75, 3.05) is 11.9 Å². The number of nitrogens with zero attached hydrogens (tertiary/aromatic N) is 2. The van der Waals surface area contributed by atoms with E-state index in [1.807, 2.05) is 18.2 Å². The molecule has 1 aromatic heterocycles. The summed E-state index contributed by atoms with van der Waals surface area (Å²) in [5, 5.41) is 14.0. The molecule has 104 valence electrons. The Labute approximate surface area is 125 Å². The van der Waals surface area contributed by atoms with Gasteiger partial charge in [-0.3, -0.25) is 10.1 Å². The van der Waals surface area contributed by atoms with Crippen molar-refractivity contribution >= 4 is 27.4 Å². The molecule has 5 nitrogen and oxygen atoms in total. The second-order valence-electron chi connectivity index (χ2n) is 4.35. The van der Waals surface area contributed by atoms with E-state index in [9.17, 15) is 10.1 Å². The zero-order valence-corrected chi connectivity index (χ0v) is 12.6. The van der Waals surface area contributed by atoms with E-state index in [1.165, 1.54) is 11.8 Å². The van der Waals surface area contributed by atoms with Gasteiger partial charge < -0.3 is 5.32 Å². The summed E-state index contributed by atoms with van der Waals surface area (Å²) >= 11 is 3.36. The largest absolute Gasteiger partial charge is 0.369 e. The second-order valence-corrected chi connectivity index (χ2v) is 5.14. The van der Waals surface area contributed by atoms with Gasteiger partial charge in [0.25, 0.3) is 5.69 Å². The molecule has 0 fully saturated rings. The molecule has 2 aromatic rings. The van der Waals surface area contributed by atoms with Crippen LogP contribution in [0.3, 0.4) is 0 Å². The Morgan fingerprint density at radius 1 is 1.35 bits per heavy atom. The average Bonchev–Trinajstić information content (AvgIpc) is 2.44. The summed E-state index contributed by atoms with van der Waals surface area (Å²) in [5.74, 6) is 0.629. The normalized spacial score (nSPS) is 10.3. The standard InChI is InChI=1S/C14H14BrN3O2/c1-10-12(18(19)20)9-17-14(13(10)15)16-8-7-11-5-3-2-4-6-11/h2-6,9H,7-8H2,1H3,(H,16,17). The lowest BCUT2D eigenvalue weighted by Gasteiger charge is -2.09. The number of halogens is 1. The molecule has 1 aromatic carbocycles. The van der Waals surface area contributed by atoms with Crippen molar-refractivity contribution in [1.82, 2.24) is 4.98 Å². The van der Waals surface area contributed by atoms with Crippen LogP contribution in [-0.4, -0.2) is 16.5 Å². The first-order chi connectivity index (χ1) is 9.59. The second kappa shape index (κ2) is 6.47. The summed E-state index contributed by atoms with van der Waals surface area (Å²) in [6, 6.07) is 10.1. The molecule has 0 bridgehead atoms. The van der Waals surface area contributed by atoms with E-state index >= 15 is 0 Å². The quantitative estimate of drug-likeness (QED) is 0.667.